The molecule has 3 rings (SSSR count). The van der Waals surface area contributed by atoms with Crippen LogP contribution >= 0.6 is 0 Å². The molecule has 2 fully saturated rings. The molecular formula is C16H20N2O2. The first-order valence-electron chi connectivity index (χ1n) is 7.36. The van der Waals surface area contributed by atoms with Crippen LogP contribution in [0.4, 0.5) is 0 Å². The van der Waals surface area contributed by atoms with Gasteiger partial charge in [-0.05, 0) is 68.7 Å². The van der Waals surface area contributed by atoms with E-state index < -0.39 is 0 Å². The van der Waals surface area contributed by atoms with Gasteiger partial charge in [-0.15, -0.1) is 0 Å². The third-order valence-electron chi connectivity index (χ3n) is 4.24. The van der Waals surface area contributed by atoms with Gasteiger partial charge in [0.1, 0.15) is 5.75 Å². The Morgan fingerprint density at radius 1 is 1.35 bits per heavy atom. The van der Waals surface area contributed by atoms with E-state index >= 15 is 0 Å². The summed E-state index contributed by atoms with van der Waals surface area (Å²) in [5.41, 5.74) is 4.48. The molecule has 2 atom stereocenters. The average Bonchev–Trinajstić information content (AvgIpc) is 3.08. The standard InChI is InChI=1S/C16H20N2O2/c1-2-20-14-7-5-12(6-8-14)16(19)18-17-15-10-11-3-4-13(15)9-11/h5-8,11,13H,2-4,9-10H2,1H3,(H,18,19)/b17-15+. The van der Waals surface area contributed by atoms with Gasteiger partial charge in [0, 0.05) is 11.3 Å². The second kappa shape index (κ2) is 5.65. The molecule has 0 spiro atoms. The molecule has 1 aromatic rings. The summed E-state index contributed by atoms with van der Waals surface area (Å²) in [6, 6.07) is 7.15. The third-order valence-corrected chi connectivity index (χ3v) is 4.24. The summed E-state index contributed by atoms with van der Waals surface area (Å²) in [5, 5.41) is 4.33. The number of rotatable bonds is 4. The first-order valence-corrected chi connectivity index (χ1v) is 7.36. The average molecular weight is 272 g/mol. The van der Waals surface area contributed by atoms with Crippen LogP contribution in [0.25, 0.3) is 0 Å². The molecule has 2 bridgehead atoms. The highest BCUT2D eigenvalue weighted by Gasteiger charge is 2.36. The van der Waals surface area contributed by atoms with Gasteiger partial charge in [0.15, 0.2) is 0 Å². The number of carbonyl (C=O) groups excluding carboxylic acids is 1. The molecule has 2 aliphatic rings. The maximum atomic E-state index is 12.0. The zero-order chi connectivity index (χ0) is 13.9. The molecule has 2 unspecified atom stereocenters. The number of hydrazone groups is 1. The molecule has 4 nitrogen and oxygen atoms in total. The number of nitrogens with zero attached hydrogens (tertiary/aromatic N) is 1. The van der Waals surface area contributed by atoms with E-state index in [1.54, 1.807) is 12.1 Å². The molecule has 1 amide bonds. The van der Waals surface area contributed by atoms with Gasteiger partial charge in [0.25, 0.3) is 5.91 Å². The van der Waals surface area contributed by atoms with E-state index in [0.717, 1.165) is 18.1 Å². The van der Waals surface area contributed by atoms with E-state index in [4.69, 9.17) is 4.74 Å². The van der Waals surface area contributed by atoms with Gasteiger partial charge in [0.05, 0.1) is 6.61 Å². The summed E-state index contributed by atoms with van der Waals surface area (Å²) >= 11 is 0. The number of nitrogens with one attached hydrogen (secondary N) is 1. The van der Waals surface area contributed by atoms with Crippen molar-refractivity contribution in [2.24, 2.45) is 16.9 Å². The van der Waals surface area contributed by atoms with E-state index in [0.29, 0.717) is 18.1 Å². The summed E-state index contributed by atoms with van der Waals surface area (Å²) in [7, 11) is 0. The number of carbonyl (C=O) groups is 1. The van der Waals surface area contributed by atoms with Crippen LogP contribution in [0.1, 0.15) is 43.0 Å². The number of hydrogen-bond acceptors (Lipinski definition) is 3. The van der Waals surface area contributed by atoms with Crippen LogP contribution in [0.2, 0.25) is 0 Å². The third kappa shape index (κ3) is 2.69. The Hall–Kier alpha value is -1.84. The predicted molar refractivity (Wildman–Crippen MR) is 78.0 cm³/mol. The summed E-state index contributed by atoms with van der Waals surface area (Å²) < 4.78 is 5.36. The van der Waals surface area contributed by atoms with Gasteiger partial charge < -0.3 is 4.74 Å². The first kappa shape index (κ1) is 13.2. The van der Waals surface area contributed by atoms with Crippen LogP contribution in [0.15, 0.2) is 29.4 Å². The van der Waals surface area contributed by atoms with E-state index in [1.807, 2.05) is 19.1 Å². The van der Waals surface area contributed by atoms with Crippen molar-refractivity contribution in [3.8, 4) is 5.75 Å². The minimum absolute atomic E-state index is 0.150. The van der Waals surface area contributed by atoms with Crippen molar-refractivity contribution in [3.63, 3.8) is 0 Å². The van der Waals surface area contributed by atoms with Crippen LogP contribution in [0, 0.1) is 11.8 Å². The summed E-state index contributed by atoms with van der Waals surface area (Å²) in [4.78, 5) is 12.0. The van der Waals surface area contributed by atoms with Gasteiger partial charge >= 0.3 is 0 Å². The summed E-state index contributed by atoms with van der Waals surface area (Å²) in [6.45, 7) is 2.56. The van der Waals surface area contributed by atoms with Crippen molar-refractivity contribution in [1.82, 2.24) is 5.43 Å². The highest BCUT2D eigenvalue weighted by molar-refractivity contribution is 5.96. The molecule has 0 aromatic heterocycles. The maximum Gasteiger partial charge on any atom is 0.271 e. The molecule has 20 heavy (non-hydrogen) atoms. The zero-order valence-corrected chi connectivity index (χ0v) is 11.8. The Balaban J connectivity index is 1.60. The molecule has 1 aromatic carbocycles. The fourth-order valence-electron chi connectivity index (χ4n) is 3.22. The Morgan fingerprint density at radius 2 is 2.15 bits per heavy atom. The van der Waals surface area contributed by atoms with Crippen molar-refractivity contribution in [2.45, 2.75) is 32.6 Å². The Kier molecular flexibility index (Phi) is 3.72. The molecule has 0 radical (unpaired) electrons. The topological polar surface area (TPSA) is 50.7 Å². The lowest BCUT2D eigenvalue weighted by Crippen LogP contribution is -2.21. The first-order chi connectivity index (χ1) is 9.76. The molecule has 4 heteroatoms. The molecule has 2 saturated carbocycles. The number of fused-ring (bicyclic) bond motifs is 2. The number of hydrogen-bond donors (Lipinski definition) is 1. The minimum Gasteiger partial charge on any atom is -0.494 e. The normalized spacial score (nSPS) is 25.9. The summed E-state index contributed by atoms with van der Waals surface area (Å²) in [6.07, 6.45) is 4.89. The Bertz CT molecular complexity index is 522. The highest BCUT2D eigenvalue weighted by Crippen LogP contribution is 2.42. The lowest BCUT2D eigenvalue weighted by molar-refractivity contribution is 0.0954. The van der Waals surface area contributed by atoms with Crippen molar-refractivity contribution >= 4 is 11.6 Å². The van der Waals surface area contributed by atoms with Crippen LogP contribution in [0.5, 0.6) is 5.75 Å². The quantitative estimate of drug-likeness (QED) is 0.857. The second-order valence-corrected chi connectivity index (χ2v) is 5.58. The van der Waals surface area contributed by atoms with Crippen LogP contribution < -0.4 is 10.2 Å². The smallest absolute Gasteiger partial charge is 0.271 e. The molecule has 106 valence electrons. The molecule has 0 aliphatic heterocycles. The SMILES string of the molecule is CCOc1ccc(C(=O)N/N=C2\CC3CCC2C3)cc1. The van der Waals surface area contributed by atoms with E-state index in [2.05, 4.69) is 10.5 Å². The van der Waals surface area contributed by atoms with Gasteiger partial charge in [0.2, 0.25) is 0 Å². The van der Waals surface area contributed by atoms with E-state index in [-0.39, 0.29) is 5.91 Å². The minimum atomic E-state index is -0.150. The van der Waals surface area contributed by atoms with Crippen LogP contribution in [-0.4, -0.2) is 18.2 Å². The van der Waals surface area contributed by atoms with Crippen LogP contribution in [0.3, 0.4) is 0 Å². The Morgan fingerprint density at radius 3 is 2.75 bits per heavy atom. The van der Waals surface area contributed by atoms with Crippen molar-refractivity contribution in [3.05, 3.63) is 29.8 Å². The molecular weight excluding hydrogens is 252 g/mol. The zero-order valence-electron chi connectivity index (χ0n) is 11.8. The fraction of sp³-hybridized carbons (Fsp3) is 0.500. The number of amides is 1. The molecule has 1 N–H and O–H groups in total. The molecule has 0 saturated heterocycles. The highest BCUT2D eigenvalue weighted by atomic mass is 16.5. The lowest BCUT2D eigenvalue weighted by Gasteiger charge is -2.11. The maximum absolute atomic E-state index is 12.0. The van der Waals surface area contributed by atoms with Crippen molar-refractivity contribution < 1.29 is 9.53 Å². The van der Waals surface area contributed by atoms with E-state index in [9.17, 15) is 4.79 Å². The largest absolute Gasteiger partial charge is 0.494 e. The molecule has 2 aliphatic carbocycles. The predicted octanol–water partition coefficient (Wildman–Crippen LogP) is 2.99. The summed E-state index contributed by atoms with van der Waals surface area (Å²) in [5.74, 6) is 2.05. The monoisotopic (exact) mass is 272 g/mol. The number of benzene rings is 1. The van der Waals surface area contributed by atoms with Gasteiger partial charge in [-0.3, -0.25) is 4.79 Å². The van der Waals surface area contributed by atoms with Gasteiger partial charge in [-0.1, -0.05) is 0 Å². The van der Waals surface area contributed by atoms with E-state index in [1.165, 1.54) is 25.0 Å². The van der Waals surface area contributed by atoms with Gasteiger partial charge in [-0.25, -0.2) is 5.43 Å². The lowest BCUT2D eigenvalue weighted by atomic mass is 9.99. The molecule has 0 heterocycles. The van der Waals surface area contributed by atoms with Crippen molar-refractivity contribution in [2.75, 3.05) is 6.61 Å². The fourth-order valence-corrected chi connectivity index (χ4v) is 3.22. The van der Waals surface area contributed by atoms with Gasteiger partial charge in [-0.2, -0.15) is 5.10 Å². The number of ether oxygens (including phenoxy) is 1. The van der Waals surface area contributed by atoms with Crippen molar-refractivity contribution in [1.29, 1.82) is 0 Å². The van der Waals surface area contributed by atoms with Crippen LogP contribution in [-0.2, 0) is 0 Å². The Labute approximate surface area is 119 Å². The second-order valence-electron chi connectivity index (χ2n) is 5.58.